The average molecular weight is 214 g/mol. The number of aromatic nitrogens is 3. The molecule has 0 amide bonds. The maximum atomic E-state index is 4.27. The number of pyridine rings is 1. The molecular formula is C12H14N4. The molecule has 0 bridgehead atoms. The van der Waals surface area contributed by atoms with Crippen molar-refractivity contribution in [2.75, 3.05) is 11.9 Å². The van der Waals surface area contributed by atoms with Crippen molar-refractivity contribution in [2.45, 2.75) is 13.8 Å². The van der Waals surface area contributed by atoms with Crippen molar-refractivity contribution in [3.8, 4) is 0 Å². The second-order valence-electron chi connectivity index (χ2n) is 3.66. The van der Waals surface area contributed by atoms with Crippen molar-refractivity contribution >= 4 is 11.4 Å². The first-order chi connectivity index (χ1) is 7.70. The Morgan fingerprint density at radius 3 is 2.50 bits per heavy atom. The molecule has 16 heavy (non-hydrogen) atoms. The van der Waals surface area contributed by atoms with Crippen LogP contribution >= 0.6 is 0 Å². The third-order valence-electron chi connectivity index (χ3n) is 2.59. The van der Waals surface area contributed by atoms with E-state index in [-0.39, 0.29) is 0 Å². The fraction of sp³-hybridized carbons (Fsp3) is 0.250. The first-order valence-electron chi connectivity index (χ1n) is 5.12. The highest BCUT2D eigenvalue weighted by molar-refractivity contribution is 5.64. The SMILES string of the molecule is Cc1ncccc1N(C)c1cncnc1C. The molecule has 0 aliphatic rings. The van der Waals surface area contributed by atoms with Crippen LogP contribution < -0.4 is 4.90 Å². The van der Waals surface area contributed by atoms with Gasteiger partial charge in [0.05, 0.1) is 29.0 Å². The molecule has 0 spiro atoms. The normalized spacial score (nSPS) is 10.2. The minimum absolute atomic E-state index is 0.959. The Morgan fingerprint density at radius 2 is 1.81 bits per heavy atom. The van der Waals surface area contributed by atoms with Crippen LogP contribution in [-0.2, 0) is 0 Å². The van der Waals surface area contributed by atoms with Gasteiger partial charge in [-0.05, 0) is 26.0 Å². The smallest absolute Gasteiger partial charge is 0.115 e. The summed E-state index contributed by atoms with van der Waals surface area (Å²) in [4.78, 5) is 14.6. The number of nitrogens with zero attached hydrogens (tertiary/aromatic N) is 4. The van der Waals surface area contributed by atoms with E-state index in [4.69, 9.17) is 0 Å². The van der Waals surface area contributed by atoms with Crippen LogP contribution in [0.3, 0.4) is 0 Å². The molecule has 2 rings (SSSR count). The zero-order chi connectivity index (χ0) is 11.5. The Labute approximate surface area is 95.0 Å². The molecule has 0 saturated carbocycles. The van der Waals surface area contributed by atoms with Crippen molar-refractivity contribution in [2.24, 2.45) is 0 Å². The monoisotopic (exact) mass is 214 g/mol. The summed E-state index contributed by atoms with van der Waals surface area (Å²) in [6.07, 6.45) is 5.17. The Balaban J connectivity index is 2.44. The molecule has 0 saturated heterocycles. The maximum absolute atomic E-state index is 4.27. The number of rotatable bonds is 2. The third-order valence-corrected chi connectivity index (χ3v) is 2.59. The van der Waals surface area contributed by atoms with Crippen molar-refractivity contribution < 1.29 is 0 Å². The van der Waals surface area contributed by atoms with E-state index < -0.39 is 0 Å². The van der Waals surface area contributed by atoms with Crippen LogP contribution in [0.5, 0.6) is 0 Å². The summed E-state index contributed by atoms with van der Waals surface area (Å²) in [6.45, 7) is 3.96. The molecule has 0 unspecified atom stereocenters. The summed E-state index contributed by atoms with van der Waals surface area (Å²) in [7, 11) is 2.00. The molecule has 0 radical (unpaired) electrons. The lowest BCUT2D eigenvalue weighted by Gasteiger charge is -2.21. The van der Waals surface area contributed by atoms with Gasteiger partial charge in [-0.2, -0.15) is 0 Å². The summed E-state index contributed by atoms with van der Waals surface area (Å²) in [5.74, 6) is 0. The molecule has 0 aliphatic heterocycles. The summed E-state index contributed by atoms with van der Waals surface area (Å²) < 4.78 is 0. The highest BCUT2D eigenvalue weighted by Gasteiger charge is 2.09. The molecule has 82 valence electrons. The quantitative estimate of drug-likeness (QED) is 0.769. The average Bonchev–Trinajstić information content (AvgIpc) is 2.29. The summed E-state index contributed by atoms with van der Waals surface area (Å²) >= 11 is 0. The molecule has 0 aromatic carbocycles. The molecule has 0 fully saturated rings. The number of aryl methyl sites for hydroxylation is 2. The van der Waals surface area contributed by atoms with Crippen molar-refractivity contribution in [3.05, 3.63) is 42.2 Å². The number of hydrogen-bond acceptors (Lipinski definition) is 4. The van der Waals surface area contributed by atoms with Crippen LogP contribution in [0.1, 0.15) is 11.4 Å². The predicted octanol–water partition coefficient (Wildman–Crippen LogP) is 2.26. The van der Waals surface area contributed by atoms with Gasteiger partial charge in [0.1, 0.15) is 6.33 Å². The maximum Gasteiger partial charge on any atom is 0.115 e. The van der Waals surface area contributed by atoms with Crippen molar-refractivity contribution in [1.82, 2.24) is 15.0 Å². The van der Waals surface area contributed by atoms with Crippen LogP contribution in [0, 0.1) is 13.8 Å². The molecule has 0 aliphatic carbocycles. The van der Waals surface area contributed by atoms with E-state index in [0.717, 1.165) is 22.8 Å². The van der Waals surface area contributed by atoms with Gasteiger partial charge in [-0.1, -0.05) is 0 Å². The summed E-state index contributed by atoms with van der Waals surface area (Å²) in [6, 6.07) is 3.97. The lowest BCUT2D eigenvalue weighted by atomic mass is 10.2. The lowest BCUT2D eigenvalue weighted by Crippen LogP contribution is -2.13. The topological polar surface area (TPSA) is 41.9 Å². The third kappa shape index (κ3) is 1.86. The van der Waals surface area contributed by atoms with Gasteiger partial charge in [0.2, 0.25) is 0 Å². The first kappa shape index (κ1) is 10.5. The minimum Gasteiger partial charge on any atom is -0.340 e. The van der Waals surface area contributed by atoms with Crippen LogP contribution in [0.4, 0.5) is 11.4 Å². The van der Waals surface area contributed by atoms with Gasteiger partial charge >= 0.3 is 0 Å². The van der Waals surface area contributed by atoms with E-state index in [1.807, 2.05) is 39.2 Å². The van der Waals surface area contributed by atoms with E-state index in [1.165, 1.54) is 0 Å². The number of hydrogen-bond donors (Lipinski definition) is 0. The Hall–Kier alpha value is -1.97. The number of anilines is 2. The van der Waals surface area contributed by atoms with Crippen LogP contribution in [0.25, 0.3) is 0 Å². The van der Waals surface area contributed by atoms with Crippen molar-refractivity contribution in [1.29, 1.82) is 0 Å². The molecule has 2 aromatic heterocycles. The molecule has 0 atom stereocenters. The Bertz CT molecular complexity index is 450. The highest BCUT2D eigenvalue weighted by Crippen LogP contribution is 2.25. The Kier molecular flexibility index (Phi) is 2.81. The van der Waals surface area contributed by atoms with Gasteiger partial charge in [0.15, 0.2) is 0 Å². The van der Waals surface area contributed by atoms with Crippen LogP contribution in [-0.4, -0.2) is 22.0 Å². The van der Waals surface area contributed by atoms with Crippen LogP contribution in [0.2, 0.25) is 0 Å². The molecule has 2 aromatic rings. The lowest BCUT2D eigenvalue weighted by molar-refractivity contribution is 1.04. The molecule has 2 heterocycles. The minimum atomic E-state index is 0.959. The van der Waals surface area contributed by atoms with Gasteiger partial charge < -0.3 is 4.90 Å². The fourth-order valence-electron chi connectivity index (χ4n) is 1.67. The first-order valence-corrected chi connectivity index (χ1v) is 5.12. The van der Waals surface area contributed by atoms with Crippen LogP contribution in [0.15, 0.2) is 30.9 Å². The highest BCUT2D eigenvalue weighted by atomic mass is 15.1. The molecular weight excluding hydrogens is 200 g/mol. The predicted molar refractivity (Wildman–Crippen MR) is 63.8 cm³/mol. The van der Waals surface area contributed by atoms with Gasteiger partial charge in [-0.3, -0.25) is 4.98 Å². The largest absolute Gasteiger partial charge is 0.340 e. The summed E-state index contributed by atoms with van der Waals surface area (Å²) in [5.41, 5.74) is 4.02. The summed E-state index contributed by atoms with van der Waals surface area (Å²) in [5, 5.41) is 0. The Morgan fingerprint density at radius 1 is 1.06 bits per heavy atom. The molecule has 4 heteroatoms. The van der Waals surface area contributed by atoms with E-state index in [0.29, 0.717) is 0 Å². The van der Waals surface area contributed by atoms with E-state index in [2.05, 4.69) is 19.9 Å². The van der Waals surface area contributed by atoms with E-state index >= 15 is 0 Å². The van der Waals surface area contributed by atoms with E-state index in [9.17, 15) is 0 Å². The van der Waals surface area contributed by atoms with E-state index in [1.54, 1.807) is 12.5 Å². The molecule has 4 nitrogen and oxygen atoms in total. The molecule has 0 N–H and O–H groups in total. The second-order valence-corrected chi connectivity index (χ2v) is 3.66. The van der Waals surface area contributed by atoms with Gasteiger partial charge in [0, 0.05) is 13.2 Å². The zero-order valence-electron chi connectivity index (χ0n) is 9.68. The standard InChI is InChI=1S/C12H14N4/c1-9-11(5-4-6-14-9)16(3)12-7-13-8-15-10(12)2/h4-8H,1-3H3. The fourth-order valence-corrected chi connectivity index (χ4v) is 1.67. The van der Waals surface area contributed by atoms with Crippen molar-refractivity contribution in [3.63, 3.8) is 0 Å². The second kappa shape index (κ2) is 4.26. The zero-order valence-corrected chi connectivity index (χ0v) is 9.68. The van der Waals surface area contributed by atoms with Gasteiger partial charge in [0.25, 0.3) is 0 Å². The van der Waals surface area contributed by atoms with Gasteiger partial charge in [-0.25, -0.2) is 9.97 Å². The van der Waals surface area contributed by atoms with Gasteiger partial charge in [-0.15, -0.1) is 0 Å².